The van der Waals surface area contributed by atoms with Crippen molar-refractivity contribution in [3.63, 3.8) is 0 Å². The number of hydrogen-bond donors (Lipinski definition) is 2. The summed E-state index contributed by atoms with van der Waals surface area (Å²) in [6, 6.07) is 11.2. The summed E-state index contributed by atoms with van der Waals surface area (Å²) >= 11 is 0. The van der Waals surface area contributed by atoms with Gasteiger partial charge in [0.25, 0.3) is 5.91 Å². The fraction of sp³-hybridized carbons (Fsp3) is 0.400. The van der Waals surface area contributed by atoms with Gasteiger partial charge < -0.3 is 15.8 Å². The van der Waals surface area contributed by atoms with Crippen molar-refractivity contribution >= 4 is 5.91 Å². The SMILES string of the molecule is CCC(N)(CC)CNC(=O)c1cccc(COc2ccc(C)nc2)c1. The maximum absolute atomic E-state index is 12.4. The van der Waals surface area contributed by atoms with Crippen LogP contribution in [0.2, 0.25) is 0 Å². The standard InChI is InChI=1S/C20H27N3O2/c1-4-20(21,5-2)14-23-19(24)17-8-6-7-16(11-17)13-25-18-10-9-15(3)22-12-18/h6-12H,4-5,13-14,21H2,1-3H3,(H,23,24). The quantitative estimate of drug-likeness (QED) is 0.773. The van der Waals surface area contributed by atoms with Crippen molar-refractivity contribution < 1.29 is 9.53 Å². The second kappa shape index (κ2) is 8.62. The van der Waals surface area contributed by atoms with E-state index in [9.17, 15) is 4.79 Å². The number of aromatic nitrogens is 1. The molecule has 0 aliphatic heterocycles. The van der Waals surface area contributed by atoms with E-state index in [4.69, 9.17) is 10.5 Å². The summed E-state index contributed by atoms with van der Waals surface area (Å²) in [5, 5.41) is 2.93. The van der Waals surface area contributed by atoms with Gasteiger partial charge in [-0.05, 0) is 49.6 Å². The van der Waals surface area contributed by atoms with Gasteiger partial charge in [-0.2, -0.15) is 0 Å². The number of benzene rings is 1. The summed E-state index contributed by atoms with van der Waals surface area (Å²) in [5.74, 6) is 0.592. The summed E-state index contributed by atoms with van der Waals surface area (Å²) < 4.78 is 5.72. The largest absolute Gasteiger partial charge is 0.487 e. The van der Waals surface area contributed by atoms with Crippen LogP contribution in [0.25, 0.3) is 0 Å². The molecule has 0 spiro atoms. The Morgan fingerprint density at radius 1 is 1.24 bits per heavy atom. The lowest BCUT2D eigenvalue weighted by Crippen LogP contribution is -2.49. The summed E-state index contributed by atoms with van der Waals surface area (Å²) in [4.78, 5) is 16.6. The van der Waals surface area contributed by atoms with E-state index in [0.29, 0.717) is 24.5 Å². The second-order valence-corrected chi connectivity index (χ2v) is 6.38. The second-order valence-electron chi connectivity index (χ2n) is 6.38. The minimum Gasteiger partial charge on any atom is -0.487 e. The van der Waals surface area contributed by atoms with Crippen LogP contribution in [0.5, 0.6) is 5.75 Å². The van der Waals surface area contributed by atoms with E-state index in [2.05, 4.69) is 10.3 Å². The molecule has 2 rings (SSSR count). The van der Waals surface area contributed by atoms with Gasteiger partial charge in [0.1, 0.15) is 12.4 Å². The minimum absolute atomic E-state index is 0.115. The number of ether oxygens (including phenoxy) is 1. The third kappa shape index (κ3) is 5.57. The lowest BCUT2D eigenvalue weighted by molar-refractivity contribution is 0.0942. The van der Waals surface area contributed by atoms with Gasteiger partial charge in [-0.15, -0.1) is 0 Å². The fourth-order valence-corrected chi connectivity index (χ4v) is 2.37. The van der Waals surface area contributed by atoms with E-state index >= 15 is 0 Å². The highest BCUT2D eigenvalue weighted by Crippen LogP contribution is 2.14. The number of carbonyl (C=O) groups is 1. The summed E-state index contributed by atoms with van der Waals surface area (Å²) in [6.07, 6.45) is 3.34. The van der Waals surface area contributed by atoms with Gasteiger partial charge >= 0.3 is 0 Å². The van der Waals surface area contributed by atoms with Crippen LogP contribution in [0.4, 0.5) is 0 Å². The topological polar surface area (TPSA) is 77.2 Å². The molecule has 2 aromatic rings. The number of hydrogen-bond acceptors (Lipinski definition) is 4. The first-order valence-electron chi connectivity index (χ1n) is 8.67. The van der Waals surface area contributed by atoms with Crippen molar-refractivity contribution in [1.82, 2.24) is 10.3 Å². The number of aryl methyl sites for hydroxylation is 1. The molecular weight excluding hydrogens is 314 g/mol. The Morgan fingerprint density at radius 3 is 2.64 bits per heavy atom. The van der Waals surface area contributed by atoms with Gasteiger partial charge in [-0.1, -0.05) is 26.0 Å². The van der Waals surface area contributed by atoms with Gasteiger partial charge in [-0.3, -0.25) is 9.78 Å². The lowest BCUT2D eigenvalue weighted by Gasteiger charge is -2.26. The van der Waals surface area contributed by atoms with Crippen LogP contribution in [-0.4, -0.2) is 23.0 Å². The molecule has 3 N–H and O–H groups in total. The molecule has 25 heavy (non-hydrogen) atoms. The van der Waals surface area contributed by atoms with Crippen LogP contribution in [0.1, 0.15) is 48.3 Å². The number of amides is 1. The van der Waals surface area contributed by atoms with Gasteiger partial charge in [0.2, 0.25) is 0 Å². The molecular formula is C20H27N3O2. The molecule has 0 radical (unpaired) electrons. The van der Waals surface area contributed by atoms with Crippen molar-refractivity contribution in [2.75, 3.05) is 6.54 Å². The Balaban J connectivity index is 1.95. The van der Waals surface area contributed by atoms with E-state index in [-0.39, 0.29) is 11.4 Å². The Hall–Kier alpha value is -2.40. The Labute approximate surface area is 149 Å². The third-order valence-electron chi connectivity index (χ3n) is 4.49. The van der Waals surface area contributed by atoms with Crippen LogP contribution in [-0.2, 0) is 6.61 Å². The predicted molar refractivity (Wildman–Crippen MR) is 99.6 cm³/mol. The summed E-state index contributed by atoms with van der Waals surface area (Å²) in [5.41, 5.74) is 8.37. The molecule has 0 atom stereocenters. The third-order valence-corrected chi connectivity index (χ3v) is 4.49. The van der Waals surface area contributed by atoms with E-state index in [1.807, 2.05) is 51.1 Å². The van der Waals surface area contributed by atoms with E-state index in [1.165, 1.54) is 0 Å². The maximum Gasteiger partial charge on any atom is 0.251 e. The van der Waals surface area contributed by atoms with Crippen LogP contribution in [0, 0.1) is 6.92 Å². The van der Waals surface area contributed by atoms with Crippen molar-refractivity contribution in [2.45, 2.75) is 45.8 Å². The van der Waals surface area contributed by atoms with Crippen LogP contribution in [0.15, 0.2) is 42.6 Å². The highest BCUT2D eigenvalue weighted by molar-refractivity contribution is 5.94. The molecule has 134 valence electrons. The number of pyridine rings is 1. The number of nitrogens with zero attached hydrogens (tertiary/aromatic N) is 1. The normalized spacial score (nSPS) is 11.2. The number of nitrogens with one attached hydrogen (secondary N) is 1. The molecule has 0 saturated carbocycles. The predicted octanol–water partition coefficient (Wildman–Crippen LogP) is 3.22. The molecule has 0 fully saturated rings. The van der Waals surface area contributed by atoms with Crippen LogP contribution in [0.3, 0.4) is 0 Å². The van der Waals surface area contributed by atoms with Crippen LogP contribution >= 0.6 is 0 Å². The van der Waals surface area contributed by atoms with Crippen molar-refractivity contribution in [3.05, 3.63) is 59.4 Å². The first-order valence-corrected chi connectivity index (χ1v) is 8.67. The smallest absolute Gasteiger partial charge is 0.251 e. The Kier molecular flexibility index (Phi) is 6.53. The minimum atomic E-state index is -0.352. The molecule has 0 aliphatic carbocycles. The molecule has 0 saturated heterocycles. The molecule has 1 aromatic heterocycles. The average molecular weight is 341 g/mol. The van der Waals surface area contributed by atoms with E-state index < -0.39 is 0 Å². The van der Waals surface area contributed by atoms with Crippen LogP contribution < -0.4 is 15.8 Å². The molecule has 1 amide bonds. The lowest BCUT2D eigenvalue weighted by atomic mass is 9.94. The van der Waals surface area contributed by atoms with Crippen molar-refractivity contribution in [3.8, 4) is 5.75 Å². The molecule has 1 aromatic carbocycles. The monoisotopic (exact) mass is 341 g/mol. The Bertz CT molecular complexity index is 694. The molecule has 0 unspecified atom stereocenters. The number of rotatable bonds is 8. The van der Waals surface area contributed by atoms with Gasteiger partial charge in [0.15, 0.2) is 0 Å². The maximum atomic E-state index is 12.4. The zero-order chi connectivity index (χ0) is 18.3. The number of carbonyl (C=O) groups excluding carboxylic acids is 1. The fourth-order valence-electron chi connectivity index (χ4n) is 2.37. The molecule has 5 heteroatoms. The summed E-state index contributed by atoms with van der Waals surface area (Å²) in [7, 11) is 0. The van der Waals surface area contributed by atoms with E-state index in [1.54, 1.807) is 12.3 Å². The Morgan fingerprint density at radius 2 is 2.00 bits per heavy atom. The highest BCUT2D eigenvalue weighted by Gasteiger charge is 2.21. The van der Waals surface area contributed by atoms with Gasteiger partial charge in [0.05, 0.1) is 6.20 Å². The van der Waals surface area contributed by atoms with Crippen molar-refractivity contribution in [2.24, 2.45) is 5.73 Å². The van der Waals surface area contributed by atoms with Gasteiger partial charge in [0, 0.05) is 23.3 Å². The molecule has 5 nitrogen and oxygen atoms in total. The molecule has 1 heterocycles. The average Bonchev–Trinajstić information content (AvgIpc) is 2.65. The first kappa shape index (κ1) is 18.9. The highest BCUT2D eigenvalue weighted by atomic mass is 16.5. The first-order chi connectivity index (χ1) is 12.0. The zero-order valence-corrected chi connectivity index (χ0v) is 15.2. The zero-order valence-electron chi connectivity index (χ0n) is 15.2. The van der Waals surface area contributed by atoms with Gasteiger partial charge in [-0.25, -0.2) is 0 Å². The molecule has 0 aliphatic rings. The summed E-state index contributed by atoms with van der Waals surface area (Å²) in [6.45, 7) is 6.85. The molecule has 0 bridgehead atoms. The number of nitrogens with two attached hydrogens (primary N) is 1. The van der Waals surface area contributed by atoms with Crippen molar-refractivity contribution in [1.29, 1.82) is 0 Å². The van der Waals surface area contributed by atoms with E-state index in [0.717, 1.165) is 24.1 Å².